The van der Waals surface area contributed by atoms with Gasteiger partial charge in [0.15, 0.2) is 5.01 Å². The Morgan fingerprint density at radius 2 is 2.15 bits per heavy atom. The van der Waals surface area contributed by atoms with Crippen molar-refractivity contribution in [2.24, 2.45) is 0 Å². The predicted molar refractivity (Wildman–Crippen MR) is 106 cm³/mol. The van der Waals surface area contributed by atoms with Crippen LogP contribution in [0.15, 0.2) is 36.7 Å². The van der Waals surface area contributed by atoms with E-state index in [0.29, 0.717) is 17.6 Å². The van der Waals surface area contributed by atoms with Crippen LogP contribution in [0.4, 0.5) is 0 Å². The molecule has 1 aromatic carbocycles. The van der Waals surface area contributed by atoms with Crippen LogP contribution in [0.5, 0.6) is 0 Å². The van der Waals surface area contributed by atoms with Crippen molar-refractivity contribution < 1.29 is 4.79 Å². The molecule has 3 aromatic heterocycles. The number of hydrogen-bond donors (Lipinski definition) is 1. The highest BCUT2D eigenvalue weighted by molar-refractivity contribution is 7.20. The molecule has 5 rings (SSSR count). The van der Waals surface area contributed by atoms with Crippen molar-refractivity contribution in [1.82, 2.24) is 24.8 Å². The van der Waals surface area contributed by atoms with Crippen molar-refractivity contribution in [2.75, 3.05) is 0 Å². The van der Waals surface area contributed by atoms with Crippen LogP contribution in [0.2, 0.25) is 0 Å². The van der Waals surface area contributed by atoms with E-state index in [0.717, 1.165) is 33.5 Å². The van der Waals surface area contributed by atoms with E-state index in [9.17, 15) is 4.79 Å². The Balaban J connectivity index is 1.35. The summed E-state index contributed by atoms with van der Waals surface area (Å²) >= 11 is 1.38. The number of carbonyl (C=O) groups is 1. The smallest absolute Gasteiger partial charge is 0.280 e. The van der Waals surface area contributed by atoms with Gasteiger partial charge in [0.1, 0.15) is 11.3 Å². The molecular formula is C20H19N5OS. The van der Waals surface area contributed by atoms with Crippen LogP contribution in [-0.4, -0.2) is 25.4 Å². The van der Waals surface area contributed by atoms with Crippen molar-refractivity contribution in [3.63, 3.8) is 0 Å². The first-order valence-corrected chi connectivity index (χ1v) is 10.0. The third-order valence-corrected chi connectivity index (χ3v) is 5.93. The summed E-state index contributed by atoms with van der Waals surface area (Å²) < 4.78 is 3.35. The van der Waals surface area contributed by atoms with E-state index in [1.165, 1.54) is 29.7 Å². The number of pyridine rings is 1. The fourth-order valence-electron chi connectivity index (χ4n) is 3.43. The molecule has 0 unspecified atom stereocenters. The summed E-state index contributed by atoms with van der Waals surface area (Å²) in [6.07, 6.45) is 6.81. The normalized spacial score (nSPS) is 14.1. The zero-order valence-electron chi connectivity index (χ0n) is 15.0. The molecule has 0 radical (unpaired) electrons. The van der Waals surface area contributed by atoms with Gasteiger partial charge in [-0.25, -0.2) is 9.97 Å². The van der Waals surface area contributed by atoms with Crippen LogP contribution in [0.1, 0.15) is 47.0 Å². The van der Waals surface area contributed by atoms with Gasteiger partial charge in [-0.1, -0.05) is 13.0 Å². The molecule has 1 saturated carbocycles. The number of rotatable bonds is 5. The van der Waals surface area contributed by atoms with Gasteiger partial charge in [0.2, 0.25) is 0 Å². The Bertz CT molecular complexity index is 1120. The number of thiazole rings is 1. The summed E-state index contributed by atoms with van der Waals surface area (Å²) in [4.78, 5) is 25.7. The molecule has 0 atom stereocenters. The lowest BCUT2D eigenvalue weighted by molar-refractivity contribution is 0.0950. The SMILES string of the molecule is CCc1nc2cc(CNC(=O)c3nc4cnccc4s3)ccc2n1C1CC1. The van der Waals surface area contributed by atoms with E-state index >= 15 is 0 Å². The minimum atomic E-state index is -0.158. The largest absolute Gasteiger partial charge is 0.346 e. The molecular weight excluding hydrogens is 358 g/mol. The molecule has 136 valence electrons. The first-order valence-electron chi connectivity index (χ1n) is 9.21. The molecule has 0 bridgehead atoms. The number of benzene rings is 1. The standard InChI is InChI=1S/C20H19N5OS/c1-2-18-23-14-9-12(3-6-16(14)25(18)13-4-5-13)10-22-19(26)20-24-15-11-21-8-7-17(15)27-20/h3,6-9,11,13H,2,4-5,10H2,1H3,(H,22,26). The van der Waals surface area contributed by atoms with Crippen LogP contribution < -0.4 is 5.32 Å². The highest BCUT2D eigenvalue weighted by Gasteiger charge is 2.27. The van der Waals surface area contributed by atoms with Gasteiger partial charge in [-0.3, -0.25) is 9.78 Å². The first-order chi connectivity index (χ1) is 13.2. The van der Waals surface area contributed by atoms with Gasteiger partial charge in [-0.05, 0) is 36.6 Å². The molecule has 1 fully saturated rings. The number of amides is 1. The first kappa shape index (κ1) is 16.4. The molecule has 1 amide bonds. The Kier molecular flexibility index (Phi) is 3.89. The third-order valence-electron chi connectivity index (χ3n) is 4.89. The summed E-state index contributed by atoms with van der Waals surface area (Å²) in [5.74, 6) is 0.992. The van der Waals surface area contributed by atoms with Crippen LogP contribution in [0.25, 0.3) is 21.3 Å². The molecule has 1 N–H and O–H groups in total. The summed E-state index contributed by atoms with van der Waals surface area (Å²) in [5.41, 5.74) is 4.01. The Hall–Kier alpha value is -2.80. The fourth-order valence-corrected chi connectivity index (χ4v) is 4.28. The van der Waals surface area contributed by atoms with Crippen LogP contribution in [0, 0.1) is 0 Å². The lowest BCUT2D eigenvalue weighted by atomic mass is 10.2. The minimum Gasteiger partial charge on any atom is -0.346 e. The molecule has 7 heteroatoms. The Morgan fingerprint density at radius 3 is 2.93 bits per heavy atom. The Morgan fingerprint density at radius 1 is 1.26 bits per heavy atom. The third kappa shape index (κ3) is 2.98. The van der Waals surface area contributed by atoms with Crippen molar-refractivity contribution in [1.29, 1.82) is 0 Å². The summed E-state index contributed by atoms with van der Waals surface area (Å²) in [6, 6.07) is 8.77. The highest BCUT2D eigenvalue weighted by atomic mass is 32.1. The van der Waals surface area contributed by atoms with Crippen LogP contribution in [-0.2, 0) is 13.0 Å². The highest BCUT2D eigenvalue weighted by Crippen LogP contribution is 2.38. The van der Waals surface area contributed by atoms with Crippen molar-refractivity contribution >= 4 is 38.5 Å². The summed E-state index contributed by atoms with van der Waals surface area (Å²) in [6.45, 7) is 2.61. The maximum absolute atomic E-state index is 12.5. The van der Waals surface area contributed by atoms with E-state index in [1.54, 1.807) is 12.4 Å². The number of nitrogens with one attached hydrogen (secondary N) is 1. The second-order valence-electron chi connectivity index (χ2n) is 6.85. The van der Waals surface area contributed by atoms with Gasteiger partial charge < -0.3 is 9.88 Å². The molecule has 1 aliphatic rings. The van der Waals surface area contributed by atoms with Gasteiger partial charge >= 0.3 is 0 Å². The lowest BCUT2D eigenvalue weighted by Crippen LogP contribution is -2.22. The molecule has 0 saturated heterocycles. The van der Waals surface area contributed by atoms with Gasteiger partial charge in [0.25, 0.3) is 5.91 Å². The summed E-state index contributed by atoms with van der Waals surface area (Å²) in [5, 5.41) is 3.43. The van der Waals surface area contributed by atoms with E-state index in [4.69, 9.17) is 4.98 Å². The fraction of sp³-hybridized carbons (Fsp3) is 0.300. The van der Waals surface area contributed by atoms with Crippen LogP contribution in [0.3, 0.4) is 0 Å². The zero-order chi connectivity index (χ0) is 18.4. The molecule has 27 heavy (non-hydrogen) atoms. The minimum absolute atomic E-state index is 0.158. The van der Waals surface area contributed by atoms with E-state index < -0.39 is 0 Å². The van der Waals surface area contributed by atoms with Gasteiger partial charge in [0.05, 0.1) is 21.9 Å². The van der Waals surface area contributed by atoms with Crippen molar-refractivity contribution in [3.05, 3.63) is 53.1 Å². The quantitative estimate of drug-likeness (QED) is 0.573. The Labute approximate surface area is 160 Å². The number of hydrogen-bond acceptors (Lipinski definition) is 5. The average molecular weight is 377 g/mol. The maximum Gasteiger partial charge on any atom is 0.280 e. The summed E-state index contributed by atoms with van der Waals surface area (Å²) in [7, 11) is 0. The second kappa shape index (κ2) is 6.42. The predicted octanol–water partition coefficient (Wildman–Crippen LogP) is 3.87. The second-order valence-corrected chi connectivity index (χ2v) is 7.88. The topological polar surface area (TPSA) is 72.7 Å². The van der Waals surface area contributed by atoms with E-state index in [1.807, 2.05) is 6.07 Å². The van der Waals surface area contributed by atoms with Crippen LogP contribution >= 0.6 is 11.3 Å². The number of nitrogens with zero attached hydrogens (tertiary/aromatic N) is 4. The van der Waals surface area contributed by atoms with E-state index in [-0.39, 0.29) is 5.91 Å². The average Bonchev–Trinajstić information content (AvgIpc) is 3.32. The van der Waals surface area contributed by atoms with Gasteiger partial charge in [0, 0.05) is 25.2 Å². The zero-order valence-corrected chi connectivity index (χ0v) is 15.8. The van der Waals surface area contributed by atoms with Gasteiger partial charge in [-0.2, -0.15) is 0 Å². The van der Waals surface area contributed by atoms with E-state index in [2.05, 4.69) is 45.0 Å². The lowest BCUT2D eigenvalue weighted by Gasteiger charge is -2.06. The number of carbonyl (C=O) groups excluding carboxylic acids is 1. The molecule has 1 aliphatic carbocycles. The molecule has 0 aliphatic heterocycles. The molecule has 4 aromatic rings. The van der Waals surface area contributed by atoms with Crippen molar-refractivity contribution in [2.45, 2.75) is 38.8 Å². The molecule has 3 heterocycles. The number of aryl methyl sites for hydroxylation is 1. The number of fused-ring (bicyclic) bond motifs is 2. The number of imidazole rings is 1. The monoisotopic (exact) mass is 377 g/mol. The van der Waals surface area contributed by atoms with Crippen molar-refractivity contribution in [3.8, 4) is 0 Å². The maximum atomic E-state index is 12.5. The number of aromatic nitrogens is 4. The molecule has 6 nitrogen and oxygen atoms in total. The van der Waals surface area contributed by atoms with Gasteiger partial charge in [-0.15, -0.1) is 11.3 Å². The molecule has 0 spiro atoms.